The van der Waals surface area contributed by atoms with Gasteiger partial charge in [-0.25, -0.2) is 4.39 Å². The quantitative estimate of drug-likeness (QED) is 0.919. The molecule has 0 bridgehead atoms. The Bertz CT molecular complexity index is 470. The smallest absolute Gasteiger partial charge is 0.123 e. The number of halogens is 2. The zero-order valence-electron chi connectivity index (χ0n) is 12.9. The van der Waals surface area contributed by atoms with E-state index in [0.717, 1.165) is 44.7 Å². The van der Waals surface area contributed by atoms with Gasteiger partial charge in [0, 0.05) is 43.4 Å². The summed E-state index contributed by atoms with van der Waals surface area (Å²) >= 11 is 6.28. The summed E-state index contributed by atoms with van der Waals surface area (Å²) in [6.45, 7) is 4.45. The topological polar surface area (TPSA) is 24.5 Å². The van der Waals surface area contributed by atoms with Crippen LogP contribution < -0.4 is 5.32 Å². The molecule has 1 aromatic carbocycles. The zero-order chi connectivity index (χ0) is 15.4. The second-order valence-corrected chi connectivity index (χ2v) is 6.66. The van der Waals surface area contributed by atoms with E-state index in [1.54, 1.807) is 12.1 Å². The van der Waals surface area contributed by atoms with Gasteiger partial charge >= 0.3 is 0 Å². The first kappa shape index (κ1) is 16.2. The van der Waals surface area contributed by atoms with E-state index in [0.29, 0.717) is 23.7 Å². The minimum absolute atomic E-state index is 0.215. The van der Waals surface area contributed by atoms with Gasteiger partial charge in [-0.05, 0) is 56.0 Å². The highest BCUT2D eigenvalue weighted by Crippen LogP contribution is 2.26. The highest BCUT2D eigenvalue weighted by atomic mass is 35.5. The van der Waals surface area contributed by atoms with Crippen LogP contribution in [0.1, 0.15) is 31.2 Å². The normalized spacial score (nSPS) is 23.9. The Labute approximate surface area is 136 Å². The Morgan fingerprint density at radius 2 is 2.05 bits per heavy atom. The van der Waals surface area contributed by atoms with E-state index in [-0.39, 0.29) is 5.82 Å². The van der Waals surface area contributed by atoms with Crippen LogP contribution in [-0.4, -0.2) is 43.3 Å². The summed E-state index contributed by atoms with van der Waals surface area (Å²) in [5.74, 6) is -0.215. The van der Waals surface area contributed by atoms with E-state index in [1.807, 2.05) is 0 Å². The van der Waals surface area contributed by atoms with Gasteiger partial charge in [0.25, 0.3) is 0 Å². The molecule has 2 heterocycles. The van der Waals surface area contributed by atoms with Crippen molar-refractivity contribution in [2.45, 2.75) is 44.3 Å². The van der Waals surface area contributed by atoms with E-state index >= 15 is 0 Å². The third-order valence-corrected chi connectivity index (χ3v) is 5.13. The second kappa shape index (κ2) is 7.73. The van der Waals surface area contributed by atoms with Crippen LogP contribution in [0.25, 0.3) is 0 Å². The Hall–Kier alpha value is -0.680. The molecule has 22 heavy (non-hydrogen) atoms. The molecule has 0 spiro atoms. The molecule has 3 nitrogen and oxygen atoms in total. The average molecular weight is 327 g/mol. The maximum absolute atomic E-state index is 13.6. The molecule has 1 atom stereocenters. The van der Waals surface area contributed by atoms with Gasteiger partial charge in [-0.2, -0.15) is 0 Å². The number of nitrogens with zero attached hydrogens (tertiary/aromatic N) is 1. The van der Waals surface area contributed by atoms with Crippen molar-refractivity contribution < 1.29 is 9.13 Å². The molecule has 5 heteroatoms. The number of nitrogens with one attached hydrogen (secondary N) is 1. The molecule has 2 aliphatic rings. The van der Waals surface area contributed by atoms with Gasteiger partial charge in [0.15, 0.2) is 0 Å². The number of benzene rings is 1. The summed E-state index contributed by atoms with van der Waals surface area (Å²) in [7, 11) is 0. The standard InChI is InChI=1S/C17H24ClFN2O/c18-17-4-3-14(19)10-13(17)12-21(15-5-8-22-9-6-15)16-2-1-7-20-11-16/h3-4,10,15-16,20H,1-2,5-9,11-12H2. The van der Waals surface area contributed by atoms with Crippen LogP contribution in [0.2, 0.25) is 5.02 Å². The van der Waals surface area contributed by atoms with Gasteiger partial charge in [0.05, 0.1) is 0 Å². The van der Waals surface area contributed by atoms with Gasteiger partial charge < -0.3 is 10.1 Å². The maximum Gasteiger partial charge on any atom is 0.123 e. The molecular weight excluding hydrogens is 303 g/mol. The number of rotatable bonds is 4. The lowest BCUT2D eigenvalue weighted by atomic mass is 9.98. The number of ether oxygens (including phenoxy) is 1. The molecule has 0 radical (unpaired) electrons. The molecule has 0 amide bonds. The molecule has 2 aliphatic heterocycles. The Morgan fingerprint density at radius 1 is 1.23 bits per heavy atom. The predicted octanol–water partition coefficient (Wildman–Crippen LogP) is 3.21. The van der Waals surface area contributed by atoms with E-state index < -0.39 is 0 Å². The highest BCUT2D eigenvalue weighted by molar-refractivity contribution is 6.31. The van der Waals surface area contributed by atoms with Crippen molar-refractivity contribution in [3.8, 4) is 0 Å². The molecule has 1 N–H and O–H groups in total. The maximum atomic E-state index is 13.6. The van der Waals surface area contributed by atoms with Crippen LogP contribution in [0.5, 0.6) is 0 Å². The molecule has 0 aromatic heterocycles. The highest BCUT2D eigenvalue weighted by Gasteiger charge is 2.29. The van der Waals surface area contributed by atoms with Crippen LogP contribution in [-0.2, 0) is 11.3 Å². The lowest BCUT2D eigenvalue weighted by Crippen LogP contribution is -2.51. The number of hydrogen-bond acceptors (Lipinski definition) is 3. The Kier molecular flexibility index (Phi) is 5.69. The number of hydrogen-bond donors (Lipinski definition) is 1. The van der Waals surface area contributed by atoms with Crippen molar-refractivity contribution in [3.05, 3.63) is 34.6 Å². The van der Waals surface area contributed by atoms with Crippen LogP contribution >= 0.6 is 11.6 Å². The fraction of sp³-hybridized carbons (Fsp3) is 0.647. The molecule has 3 rings (SSSR count). The lowest BCUT2D eigenvalue weighted by Gasteiger charge is -2.42. The zero-order valence-corrected chi connectivity index (χ0v) is 13.6. The number of piperidine rings is 1. The summed E-state index contributed by atoms with van der Waals surface area (Å²) in [6.07, 6.45) is 4.48. The fourth-order valence-corrected chi connectivity index (χ4v) is 3.73. The first-order valence-corrected chi connectivity index (χ1v) is 8.60. The first-order valence-electron chi connectivity index (χ1n) is 8.22. The summed E-state index contributed by atoms with van der Waals surface area (Å²) in [6, 6.07) is 5.65. The van der Waals surface area contributed by atoms with Crippen LogP contribution in [0.3, 0.4) is 0 Å². The largest absolute Gasteiger partial charge is 0.381 e. The average Bonchev–Trinajstić information content (AvgIpc) is 2.57. The van der Waals surface area contributed by atoms with E-state index in [1.165, 1.54) is 18.9 Å². The minimum Gasteiger partial charge on any atom is -0.381 e. The van der Waals surface area contributed by atoms with Crippen molar-refractivity contribution in [1.29, 1.82) is 0 Å². The van der Waals surface area contributed by atoms with Crippen LogP contribution in [0.4, 0.5) is 4.39 Å². The molecule has 1 unspecified atom stereocenters. The molecule has 0 saturated carbocycles. The van der Waals surface area contributed by atoms with E-state index in [4.69, 9.17) is 16.3 Å². The molecule has 2 saturated heterocycles. The molecule has 2 fully saturated rings. The monoisotopic (exact) mass is 326 g/mol. The molecular formula is C17H24ClFN2O. The molecule has 1 aromatic rings. The van der Waals surface area contributed by atoms with Crippen molar-refractivity contribution in [2.75, 3.05) is 26.3 Å². The fourth-order valence-electron chi connectivity index (χ4n) is 3.55. The lowest BCUT2D eigenvalue weighted by molar-refractivity contribution is 0.00766. The van der Waals surface area contributed by atoms with Gasteiger partial charge in [-0.15, -0.1) is 0 Å². The molecule has 0 aliphatic carbocycles. The van der Waals surface area contributed by atoms with Gasteiger partial charge in [0.2, 0.25) is 0 Å². The van der Waals surface area contributed by atoms with E-state index in [9.17, 15) is 4.39 Å². The third kappa shape index (κ3) is 3.99. The predicted molar refractivity (Wildman–Crippen MR) is 86.7 cm³/mol. The van der Waals surface area contributed by atoms with Crippen molar-refractivity contribution >= 4 is 11.6 Å². The molecule has 122 valence electrons. The summed E-state index contributed by atoms with van der Waals surface area (Å²) in [5, 5.41) is 4.14. The third-order valence-electron chi connectivity index (χ3n) is 4.76. The van der Waals surface area contributed by atoms with Gasteiger partial charge in [-0.1, -0.05) is 11.6 Å². The van der Waals surface area contributed by atoms with Gasteiger partial charge in [0.1, 0.15) is 5.82 Å². The van der Waals surface area contributed by atoms with E-state index in [2.05, 4.69) is 10.2 Å². The van der Waals surface area contributed by atoms with Crippen molar-refractivity contribution in [2.24, 2.45) is 0 Å². The SMILES string of the molecule is Fc1ccc(Cl)c(CN(C2CCOCC2)C2CCCNC2)c1. The van der Waals surface area contributed by atoms with Gasteiger partial charge in [-0.3, -0.25) is 4.90 Å². The Morgan fingerprint density at radius 3 is 2.77 bits per heavy atom. The summed E-state index contributed by atoms with van der Waals surface area (Å²) < 4.78 is 19.1. The van der Waals surface area contributed by atoms with Crippen molar-refractivity contribution in [3.63, 3.8) is 0 Å². The van der Waals surface area contributed by atoms with Crippen LogP contribution in [0.15, 0.2) is 18.2 Å². The second-order valence-electron chi connectivity index (χ2n) is 6.25. The summed E-state index contributed by atoms with van der Waals surface area (Å²) in [5.41, 5.74) is 0.888. The Balaban J connectivity index is 1.78. The summed E-state index contributed by atoms with van der Waals surface area (Å²) in [4.78, 5) is 2.52. The first-order chi connectivity index (χ1) is 10.7. The van der Waals surface area contributed by atoms with Crippen LogP contribution in [0, 0.1) is 5.82 Å². The minimum atomic E-state index is -0.215. The van der Waals surface area contributed by atoms with Crippen molar-refractivity contribution in [1.82, 2.24) is 10.2 Å².